The molecule has 0 radical (unpaired) electrons. The highest BCUT2D eigenvalue weighted by molar-refractivity contribution is 9.10. The third-order valence-electron chi connectivity index (χ3n) is 5.04. The normalized spacial score (nSPS) is 17.4. The summed E-state index contributed by atoms with van der Waals surface area (Å²) in [6.07, 6.45) is 9.54. The Morgan fingerprint density at radius 2 is 2.04 bits per heavy atom. The van der Waals surface area contributed by atoms with Crippen LogP contribution in [0.4, 0.5) is 5.69 Å². The zero-order chi connectivity index (χ0) is 17.8. The van der Waals surface area contributed by atoms with Gasteiger partial charge in [-0.15, -0.1) is 0 Å². The van der Waals surface area contributed by atoms with E-state index in [0.29, 0.717) is 18.9 Å². The molecule has 3 rings (SSSR count). The molecule has 0 aliphatic heterocycles. The predicted octanol–water partition coefficient (Wildman–Crippen LogP) is 5.08. The fourth-order valence-electron chi connectivity index (χ4n) is 3.87. The number of aromatic nitrogens is 1. The van der Waals surface area contributed by atoms with Crippen molar-refractivity contribution in [1.29, 1.82) is 0 Å². The van der Waals surface area contributed by atoms with Crippen molar-refractivity contribution >= 4 is 38.4 Å². The molecule has 136 valence electrons. The Morgan fingerprint density at radius 1 is 1.32 bits per heavy atom. The highest BCUT2D eigenvalue weighted by Crippen LogP contribution is 2.33. The molecular weight excluding hydrogens is 380 g/mol. The number of nitrogens with zero attached hydrogens (tertiary/aromatic N) is 1. The van der Waals surface area contributed by atoms with Gasteiger partial charge >= 0.3 is 0 Å². The molecule has 2 N–H and O–H groups in total. The number of hydrogen-bond acceptors (Lipinski definition) is 2. The first-order chi connectivity index (χ1) is 12.0. The van der Waals surface area contributed by atoms with Gasteiger partial charge in [-0.1, -0.05) is 47.7 Å². The summed E-state index contributed by atoms with van der Waals surface area (Å²) in [5.41, 5.74) is 1.83. The standard InChI is InChI=1S/C20H27BrN2O2/c1-14(24)12-23-13-17(20-16(21)9-6-10-18(20)23)22-19(25)11-15-7-4-2-3-5-8-15/h6,9-10,13-15,24H,2-5,7-8,11-12H2,1H3,(H,22,25). The fourth-order valence-corrected chi connectivity index (χ4v) is 4.44. The van der Waals surface area contributed by atoms with E-state index in [2.05, 4.69) is 21.2 Å². The number of aliphatic hydroxyl groups excluding tert-OH is 1. The molecule has 1 aromatic carbocycles. The smallest absolute Gasteiger partial charge is 0.224 e. The number of hydrogen-bond donors (Lipinski definition) is 2. The molecule has 4 nitrogen and oxygen atoms in total. The molecule has 1 atom stereocenters. The first-order valence-corrected chi connectivity index (χ1v) is 10.1. The number of carbonyl (C=O) groups excluding carboxylic acids is 1. The number of nitrogens with one attached hydrogen (secondary N) is 1. The highest BCUT2D eigenvalue weighted by atomic mass is 79.9. The largest absolute Gasteiger partial charge is 0.392 e. The Morgan fingerprint density at radius 3 is 2.72 bits per heavy atom. The fraction of sp³-hybridized carbons (Fsp3) is 0.550. The van der Waals surface area contributed by atoms with Crippen LogP contribution in [-0.2, 0) is 11.3 Å². The minimum Gasteiger partial charge on any atom is -0.392 e. The quantitative estimate of drug-likeness (QED) is 0.679. The van der Waals surface area contributed by atoms with Crippen molar-refractivity contribution in [1.82, 2.24) is 4.57 Å². The lowest BCUT2D eigenvalue weighted by atomic mass is 9.96. The van der Waals surface area contributed by atoms with Crippen LogP contribution in [0.3, 0.4) is 0 Å². The molecule has 25 heavy (non-hydrogen) atoms. The van der Waals surface area contributed by atoms with Gasteiger partial charge in [0, 0.05) is 29.0 Å². The number of rotatable bonds is 5. The van der Waals surface area contributed by atoms with Crippen molar-refractivity contribution in [3.63, 3.8) is 0 Å². The zero-order valence-corrected chi connectivity index (χ0v) is 16.4. The van der Waals surface area contributed by atoms with E-state index in [0.717, 1.165) is 21.1 Å². The van der Waals surface area contributed by atoms with Crippen LogP contribution in [0.1, 0.15) is 51.9 Å². The van der Waals surface area contributed by atoms with E-state index in [-0.39, 0.29) is 5.91 Å². The van der Waals surface area contributed by atoms with Crippen molar-refractivity contribution in [3.8, 4) is 0 Å². The summed E-state index contributed by atoms with van der Waals surface area (Å²) in [5.74, 6) is 0.607. The van der Waals surface area contributed by atoms with Gasteiger partial charge in [0.05, 0.1) is 17.3 Å². The Kier molecular flexibility index (Phi) is 6.18. The van der Waals surface area contributed by atoms with Gasteiger partial charge in [0.15, 0.2) is 0 Å². The van der Waals surface area contributed by atoms with Gasteiger partial charge in [0.1, 0.15) is 0 Å². The third-order valence-corrected chi connectivity index (χ3v) is 5.70. The Hall–Kier alpha value is -1.33. The van der Waals surface area contributed by atoms with E-state index in [9.17, 15) is 9.90 Å². The maximum atomic E-state index is 12.6. The average Bonchev–Trinajstić information content (AvgIpc) is 2.72. The lowest BCUT2D eigenvalue weighted by Crippen LogP contribution is -2.16. The van der Waals surface area contributed by atoms with E-state index in [1.807, 2.05) is 29.0 Å². The van der Waals surface area contributed by atoms with E-state index < -0.39 is 6.10 Å². The van der Waals surface area contributed by atoms with E-state index in [4.69, 9.17) is 0 Å². The Balaban J connectivity index is 1.79. The van der Waals surface area contributed by atoms with Gasteiger partial charge in [-0.25, -0.2) is 0 Å². The van der Waals surface area contributed by atoms with Gasteiger partial charge in [-0.05, 0) is 37.8 Å². The van der Waals surface area contributed by atoms with Crippen LogP contribution in [0.25, 0.3) is 10.9 Å². The first-order valence-electron chi connectivity index (χ1n) is 9.30. The lowest BCUT2D eigenvalue weighted by Gasteiger charge is -2.13. The summed E-state index contributed by atoms with van der Waals surface area (Å²) in [6.45, 7) is 2.28. The molecule has 1 saturated carbocycles. The van der Waals surface area contributed by atoms with Gasteiger partial charge < -0.3 is 15.0 Å². The van der Waals surface area contributed by atoms with E-state index in [1.54, 1.807) is 6.92 Å². The molecule has 2 aromatic rings. The van der Waals surface area contributed by atoms with Crippen molar-refractivity contribution in [2.75, 3.05) is 5.32 Å². The van der Waals surface area contributed by atoms with Gasteiger partial charge in [0.25, 0.3) is 0 Å². The van der Waals surface area contributed by atoms with Crippen LogP contribution in [0.15, 0.2) is 28.9 Å². The number of amides is 1. The van der Waals surface area contributed by atoms with Crippen LogP contribution in [-0.4, -0.2) is 21.7 Å². The number of carbonyl (C=O) groups is 1. The van der Waals surface area contributed by atoms with E-state index >= 15 is 0 Å². The van der Waals surface area contributed by atoms with Crippen molar-refractivity contribution in [2.24, 2.45) is 5.92 Å². The molecule has 0 saturated heterocycles. The van der Waals surface area contributed by atoms with Crippen molar-refractivity contribution in [3.05, 3.63) is 28.9 Å². The number of anilines is 1. The molecule has 0 bridgehead atoms. The molecule has 0 spiro atoms. The van der Waals surface area contributed by atoms with Gasteiger partial charge in [-0.3, -0.25) is 4.79 Å². The maximum Gasteiger partial charge on any atom is 0.224 e. The van der Waals surface area contributed by atoms with Crippen LogP contribution < -0.4 is 5.32 Å². The van der Waals surface area contributed by atoms with E-state index in [1.165, 1.54) is 38.5 Å². The molecule has 1 unspecified atom stereocenters. The van der Waals surface area contributed by atoms with Crippen LogP contribution in [0.2, 0.25) is 0 Å². The summed E-state index contributed by atoms with van der Waals surface area (Å²) in [6, 6.07) is 5.97. The van der Waals surface area contributed by atoms with Crippen LogP contribution in [0.5, 0.6) is 0 Å². The number of halogens is 1. The maximum absolute atomic E-state index is 12.6. The average molecular weight is 407 g/mol. The second kappa shape index (κ2) is 8.37. The monoisotopic (exact) mass is 406 g/mol. The summed E-state index contributed by atoms with van der Waals surface area (Å²) in [4.78, 5) is 12.6. The van der Waals surface area contributed by atoms with Crippen molar-refractivity contribution < 1.29 is 9.90 Å². The summed E-state index contributed by atoms with van der Waals surface area (Å²) in [7, 11) is 0. The second-order valence-corrected chi connectivity index (χ2v) is 8.14. The Labute approximate surface area is 157 Å². The molecule has 5 heteroatoms. The van der Waals surface area contributed by atoms with Crippen LogP contribution >= 0.6 is 15.9 Å². The lowest BCUT2D eigenvalue weighted by molar-refractivity contribution is -0.117. The zero-order valence-electron chi connectivity index (χ0n) is 14.8. The molecule has 1 fully saturated rings. The van der Waals surface area contributed by atoms with Gasteiger partial charge in [-0.2, -0.15) is 0 Å². The Bertz CT molecular complexity index is 731. The minimum atomic E-state index is -0.441. The minimum absolute atomic E-state index is 0.0961. The molecule has 1 aliphatic carbocycles. The third kappa shape index (κ3) is 4.64. The SMILES string of the molecule is CC(O)Cn1cc(NC(=O)CC2CCCCCC2)c2c(Br)cccc21. The number of benzene rings is 1. The molecule has 1 aliphatic rings. The summed E-state index contributed by atoms with van der Waals surface area (Å²) < 4.78 is 2.96. The molecule has 1 amide bonds. The van der Waals surface area contributed by atoms with Crippen molar-refractivity contribution in [2.45, 2.75) is 64.5 Å². The predicted molar refractivity (Wildman–Crippen MR) is 106 cm³/mol. The topological polar surface area (TPSA) is 54.3 Å². The number of fused-ring (bicyclic) bond motifs is 1. The first kappa shape index (κ1) is 18.5. The molecule has 1 aromatic heterocycles. The number of aliphatic hydroxyl groups is 1. The van der Waals surface area contributed by atoms with Crippen LogP contribution in [0, 0.1) is 5.92 Å². The summed E-state index contributed by atoms with van der Waals surface area (Å²) >= 11 is 3.60. The molecule has 1 heterocycles. The summed E-state index contributed by atoms with van der Waals surface area (Å²) in [5, 5.41) is 13.9. The van der Waals surface area contributed by atoms with Gasteiger partial charge in [0.2, 0.25) is 5.91 Å². The highest BCUT2D eigenvalue weighted by Gasteiger charge is 2.19. The molecular formula is C20H27BrN2O2. The second-order valence-electron chi connectivity index (χ2n) is 7.29.